The molecule has 0 saturated carbocycles. The lowest BCUT2D eigenvalue weighted by Gasteiger charge is -2.15. The standard InChI is InChI=1S/C18H18FN3OS2/c1-2-4-16-17(23)22(12-13-6-8-14(19)9-7-13)18(25-16)21-20-11-15-5-3-10-24-15/h3,5-11,16H,2,4,12H2,1H3/b20-11-,21-18-/t16-/m1/s1. The van der Waals surface area contributed by atoms with E-state index < -0.39 is 0 Å². The van der Waals surface area contributed by atoms with E-state index in [1.54, 1.807) is 34.6 Å². The monoisotopic (exact) mass is 375 g/mol. The maximum atomic E-state index is 13.1. The summed E-state index contributed by atoms with van der Waals surface area (Å²) in [5.41, 5.74) is 0.863. The predicted molar refractivity (Wildman–Crippen MR) is 103 cm³/mol. The number of thiophene rings is 1. The molecular formula is C18H18FN3OS2. The molecule has 7 heteroatoms. The van der Waals surface area contributed by atoms with Crippen LogP contribution in [0.1, 0.15) is 30.2 Å². The predicted octanol–water partition coefficient (Wildman–Crippen LogP) is 4.52. The maximum Gasteiger partial charge on any atom is 0.242 e. The average molecular weight is 375 g/mol. The lowest BCUT2D eigenvalue weighted by molar-refractivity contribution is -0.126. The first-order valence-corrected chi connectivity index (χ1v) is 9.80. The average Bonchev–Trinajstić information content (AvgIpc) is 3.21. The lowest BCUT2D eigenvalue weighted by Crippen LogP contribution is -2.31. The van der Waals surface area contributed by atoms with Crippen molar-refractivity contribution in [3.8, 4) is 0 Å². The summed E-state index contributed by atoms with van der Waals surface area (Å²) in [4.78, 5) is 15.3. The molecule has 25 heavy (non-hydrogen) atoms. The molecule has 1 fully saturated rings. The molecule has 1 saturated heterocycles. The van der Waals surface area contributed by atoms with Crippen molar-refractivity contribution >= 4 is 40.4 Å². The molecule has 0 aliphatic carbocycles. The Morgan fingerprint density at radius 1 is 1.28 bits per heavy atom. The fourth-order valence-corrected chi connectivity index (χ4v) is 4.24. The molecule has 0 N–H and O–H groups in total. The highest BCUT2D eigenvalue weighted by Crippen LogP contribution is 2.31. The van der Waals surface area contributed by atoms with Gasteiger partial charge in [0.2, 0.25) is 5.91 Å². The van der Waals surface area contributed by atoms with Gasteiger partial charge in [-0.05, 0) is 35.6 Å². The van der Waals surface area contributed by atoms with E-state index in [0.29, 0.717) is 11.7 Å². The Balaban J connectivity index is 1.79. The zero-order valence-corrected chi connectivity index (χ0v) is 15.4. The molecule has 1 aliphatic rings. The Bertz CT molecular complexity index is 772. The number of carbonyl (C=O) groups is 1. The molecular weight excluding hydrogens is 357 g/mol. The summed E-state index contributed by atoms with van der Waals surface area (Å²) in [7, 11) is 0. The van der Waals surface area contributed by atoms with Crippen LogP contribution in [0.3, 0.4) is 0 Å². The second-order valence-electron chi connectivity index (χ2n) is 5.59. The van der Waals surface area contributed by atoms with E-state index in [-0.39, 0.29) is 17.0 Å². The van der Waals surface area contributed by atoms with E-state index in [1.165, 1.54) is 23.9 Å². The van der Waals surface area contributed by atoms with Gasteiger partial charge >= 0.3 is 0 Å². The summed E-state index contributed by atoms with van der Waals surface area (Å²) >= 11 is 3.03. The van der Waals surface area contributed by atoms with E-state index in [1.807, 2.05) is 17.5 Å². The van der Waals surface area contributed by atoms with Crippen LogP contribution >= 0.6 is 23.1 Å². The quantitative estimate of drug-likeness (QED) is 0.550. The van der Waals surface area contributed by atoms with Crippen LogP contribution in [0.15, 0.2) is 52.0 Å². The molecule has 1 aromatic carbocycles. The molecule has 3 rings (SSSR count). The van der Waals surface area contributed by atoms with Gasteiger partial charge in [-0.25, -0.2) is 4.39 Å². The second kappa shape index (κ2) is 8.40. The third-order valence-corrected chi connectivity index (χ3v) is 5.74. The van der Waals surface area contributed by atoms with Crippen molar-refractivity contribution in [2.24, 2.45) is 10.2 Å². The fourth-order valence-electron chi connectivity index (χ4n) is 2.45. The first-order chi connectivity index (χ1) is 12.2. The zero-order chi connectivity index (χ0) is 17.6. The lowest BCUT2D eigenvalue weighted by atomic mass is 10.2. The van der Waals surface area contributed by atoms with Crippen LogP contribution < -0.4 is 0 Å². The van der Waals surface area contributed by atoms with Gasteiger partial charge in [0.05, 0.1) is 18.0 Å². The topological polar surface area (TPSA) is 45.0 Å². The molecule has 130 valence electrons. The zero-order valence-electron chi connectivity index (χ0n) is 13.8. The van der Waals surface area contributed by atoms with Crippen LogP contribution in [-0.2, 0) is 11.3 Å². The van der Waals surface area contributed by atoms with Crippen LogP contribution in [0.4, 0.5) is 4.39 Å². The van der Waals surface area contributed by atoms with Gasteiger partial charge in [-0.15, -0.1) is 16.4 Å². The maximum absolute atomic E-state index is 13.1. The first kappa shape index (κ1) is 17.8. The van der Waals surface area contributed by atoms with Crippen molar-refractivity contribution in [1.29, 1.82) is 0 Å². The Morgan fingerprint density at radius 2 is 2.08 bits per heavy atom. The van der Waals surface area contributed by atoms with Crippen LogP contribution in [0, 0.1) is 5.82 Å². The molecule has 1 atom stereocenters. The number of nitrogens with zero attached hydrogens (tertiary/aromatic N) is 3. The second-order valence-corrected chi connectivity index (χ2v) is 7.74. The normalized spacial score (nSPS) is 19.4. The number of thioether (sulfide) groups is 1. The van der Waals surface area contributed by atoms with E-state index in [9.17, 15) is 9.18 Å². The third-order valence-electron chi connectivity index (χ3n) is 3.70. The van der Waals surface area contributed by atoms with Gasteiger partial charge in [0, 0.05) is 4.88 Å². The van der Waals surface area contributed by atoms with E-state index in [0.717, 1.165) is 23.3 Å². The Labute approximate surface area is 154 Å². The van der Waals surface area contributed by atoms with Crippen molar-refractivity contribution < 1.29 is 9.18 Å². The van der Waals surface area contributed by atoms with Gasteiger partial charge in [0.25, 0.3) is 0 Å². The summed E-state index contributed by atoms with van der Waals surface area (Å²) in [5.74, 6) is -0.245. The molecule has 2 heterocycles. The van der Waals surface area contributed by atoms with Gasteiger partial charge in [0.15, 0.2) is 5.17 Å². The fraction of sp³-hybridized carbons (Fsp3) is 0.278. The number of hydrogen-bond donors (Lipinski definition) is 0. The minimum absolute atomic E-state index is 0.0428. The number of halogens is 1. The molecule has 1 aromatic heterocycles. The molecule has 0 radical (unpaired) electrons. The van der Waals surface area contributed by atoms with Crippen LogP contribution in [0.2, 0.25) is 0 Å². The summed E-state index contributed by atoms with van der Waals surface area (Å²) in [5, 5.41) is 10.8. The largest absolute Gasteiger partial charge is 0.284 e. The highest BCUT2D eigenvalue weighted by molar-refractivity contribution is 8.15. The molecule has 0 bridgehead atoms. The van der Waals surface area contributed by atoms with Crippen molar-refractivity contribution in [1.82, 2.24) is 4.90 Å². The van der Waals surface area contributed by atoms with E-state index >= 15 is 0 Å². The molecule has 0 unspecified atom stereocenters. The van der Waals surface area contributed by atoms with Crippen molar-refractivity contribution in [3.63, 3.8) is 0 Å². The molecule has 2 aromatic rings. The number of amides is 1. The molecule has 4 nitrogen and oxygen atoms in total. The van der Waals surface area contributed by atoms with Gasteiger partial charge < -0.3 is 0 Å². The summed E-state index contributed by atoms with van der Waals surface area (Å²) in [6.07, 6.45) is 3.42. The Kier molecular flexibility index (Phi) is 5.99. The number of hydrogen-bond acceptors (Lipinski definition) is 5. The minimum atomic E-state index is -0.288. The highest BCUT2D eigenvalue weighted by Gasteiger charge is 2.37. The molecule has 0 spiro atoms. The summed E-state index contributed by atoms with van der Waals surface area (Å²) < 4.78 is 13.1. The third kappa shape index (κ3) is 4.55. The molecule has 1 aliphatic heterocycles. The first-order valence-electron chi connectivity index (χ1n) is 8.04. The minimum Gasteiger partial charge on any atom is -0.284 e. The number of amidine groups is 1. The van der Waals surface area contributed by atoms with Crippen molar-refractivity contribution in [2.45, 2.75) is 31.6 Å². The van der Waals surface area contributed by atoms with Gasteiger partial charge in [-0.3, -0.25) is 9.69 Å². The van der Waals surface area contributed by atoms with E-state index in [4.69, 9.17) is 0 Å². The number of rotatable bonds is 6. The summed E-state index contributed by atoms with van der Waals surface area (Å²) in [6, 6.07) is 10.1. The van der Waals surface area contributed by atoms with E-state index in [2.05, 4.69) is 17.1 Å². The Hall–Kier alpha value is -1.99. The van der Waals surface area contributed by atoms with Gasteiger partial charge in [0.1, 0.15) is 5.82 Å². The highest BCUT2D eigenvalue weighted by atomic mass is 32.2. The van der Waals surface area contributed by atoms with Gasteiger partial charge in [-0.2, -0.15) is 5.10 Å². The van der Waals surface area contributed by atoms with Crippen molar-refractivity contribution in [3.05, 3.63) is 58.0 Å². The Morgan fingerprint density at radius 3 is 2.76 bits per heavy atom. The van der Waals surface area contributed by atoms with Crippen LogP contribution in [0.25, 0.3) is 0 Å². The summed E-state index contributed by atoms with van der Waals surface area (Å²) in [6.45, 7) is 2.43. The number of benzene rings is 1. The van der Waals surface area contributed by atoms with Crippen LogP contribution in [0.5, 0.6) is 0 Å². The van der Waals surface area contributed by atoms with Crippen molar-refractivity contribution in [2.75, 3.05) is 0 Å². The SMILES string of the molecule is CCC[C@H]1S/C(=N\N=C/c2cccs2)N(Cc2ccc(F)cc2)C1=O. The number of carbonyl (C=O) groups excluding carboxylic acids is 1. The van der Waals surface area contributed by atoms with Crippen LogP contribution in [-0.4, -0.2) is 27.4 Å². The smallest absolute Gasteiger partial charge is 0.242 e. The molecule has 1 amide bonds. The van der Waals surface area contributed by atoms with Gasteiger partial charge in [-0.1, -0.05) is 43.3 Å².